The van der Waals surface area contributed by atoms with Gasteiger partial charge in [0.25, 0.3) is 0 Å². The summed E-state index contributed by atoms with van der Waals surface area (Å²) < 4.78 is 12.4. The van der Waals surface area contributed by atoms with Crippen molar-refractivity contribution in [2.24, 2.45) is 0 Å². The van der Waals surface area contributed by atoms with Crippen LogP contribution in [-0.4, -0.2) is 9.97 Å². The summed E-state index contributed by atoms with van der Waals surface area (Å²) in [5.41, 5.74) is 12.5. The van der Waals surface area contributed by atoms with Gasteiger partial charge >= 0.3 is 0 Å². The lowest BCUT2D eigenvalue weighted by Gasteiger charge is -2.22. The SMILES string of the molecule is CC1(C)c2ccccc2-c2ccc(-c3ccc(C#N)c(-c4cc(-c5nc6ccccc6o5)cc(-c5nc6ccccc6o5)c4)c3C#N)cc21. The highest BCUT2D eigenvalue weighted by Crippen LogP contribution is 2.50. The van der Waals surface area contributed by atoms with Crippen molar-refractivity contribution >= 4 is 22.2 Å². The molecule has 0 saturated heterocycles. The second-order valence-electron chi connectivity index (χ2n) is 12.8. The largest absolute Gasteiger partial charge is 0.436 e. The highest BCUT2D eigenvalue weighted by Gasteiger charge is 2.35. The van der Waals surface area contributed by atoms with Gasteiger partial charge in [-0.05, 0) is 88.0 Å². The summed E-state index contributed by atoms with van der Waals surface area (Å²) in [7, 11) is 0. The molecule has 0 fully saturated rings. The molecule has 0 N–H and O–H groups in total. The Morgan fingerprint density at radius 3 is 1.73 bits per heavy atom. The van der Waals surface area contributed by atoms with Crippen LogP contribution >= 0.6 is 0 Å². The Kier molecular flexibility index (Phi) is 6.18. The van der Waals surface area contributed by atoms with Gasteiger partial charge in [0.1, 0.15) is 17.1 Å². The lowest BCUT2D eigenvalue weighted by Crippen LogP contribution is -2.14. The van der Waals surface area contributed by atoms with E-state index in [9.17, 15) is 10.5 Å². The highest BCUT2D eigenvalue weighted by atomic mass is 16.4. The van der Waals surface area contributed by atoms with Crippen LogP contribution in [0.2, 0.25) is 0 Å². The molecule has 0 atom stereocenters. The van der Waals surface area contributed by atoms with E-state index in [1.165, 1.54) is 22.3 Å². The quantitative estimate of drug-likeness (QED) is 0.192. The Labute approximate surface area is 282 Å². The molecular formula is C43H26N4O2. The fraction of sp³-hybridized carbons (Fsp3) is 0.0698. The molecule has 0 spiro atoms. The molecule has 0 radical (unpaired) electrons. The molecule has 6 aromatic carbocycles. The van der Waals surface area contributed by atoms with E-state index in [2.05, 4.69) is 68.5 Å². The Morgan fingerprint density at radius 2 is 1.10 bits per heavy atom. The van der Waals surface area contributed by atoms with Gasteiger partial charge < -0.3 is 8.83 Å². The molecule has 6 heteroatoms. The van der Waals surface area contributed by atoms with Crippen LogP contribution in [-0.2, 0) is 5.41 Å². The summed E-state index contributed by atoms with van der Waals surface area (Å²) in [6.45, 7) is 4.48. The second-order valence-corrected chi connectivity index (χ2v) is 12.8. The van der Waals surface area contributed by atoms with E-state index in [0.29, 0.717) is 56.3 Å². The number of aromatic nitrogens is 2. The Morgan fingerprint density at radius 1 is 0.531 bits per heavy atom. The van der Waals surface area contributed by atoms with Crippen LogP contribution in [0.25, 0.3) is 78.5 Å². The first-order valence-corrected chi connectivity index (χ1v) is 16.0. The maximum atomic E-state index is 10.8. The third-order valence-corrected chi connectivity index (χ3v) is 9.64. The van der Waals surface area contributed by atoms with Gasteiger partial charge in [-0.1, -0.05) is 80.6 Å². The highest BCUT2D eigenvalue weighted by molar-refractivity contribution is 5.91. The summed E-state index contributed by atoms with van der Waals surface area (Å²) in [5, 5.41) is 21.2. The van der Waals surface area contributed by atoms with Gasteiger partial charge in [0.15, 0.2) is 11.2 Å². The van der Waals surface area contributed by atoms with Gasteiger partial charge in [-0.3, -0.25) is 0 Å². The number of rotatable bonds is 4. The summed E-state index contributed by atoms with van der Waals surface area (Å²) in [5.74, 6) is 0.822. The van der Waals surface area contributed by atoms with Gasteiger partial charge in [-0.25, -0.2) is 9.97 Å². The minimum absolute atomic E-state index is 0.202. The lowest BCUT2D eigenvalue weighted by atomic mass is 9.81. The molecule has 0 amide bonds. The Balaban J connectivity index is 1.27. The average molecular weight is 631 g/mol. The molecule has 1 aliphatic carbocycles. The van der Waals surface area contributed by atoms with E-state index in [0.717, 1.165) is 22.2 Å². The van der Waals surface area contributed by atoms with E-state index in [4.69, 9.17) is 18.8 Å². The standard InChI is InChI=1S/C43H26N4O2/c1-43(2)34-10-4-3-9-31(34)32-18-15-25(22-35(32)43)30-17-16-26(23-44)40(33(30)24-45)27-19-28(41-46-36-11-5-7-13-38(36)48-41)21-29(20-27)42-47-37-12-6-8-14-39(37)49-42/h3-22H,1-2H3. The number of fused-ring (bicyclic) bond motifs is 5. The number of hydrogen-bond acceptors (Lipinski definition) is 6. The summed E-state index contributed by atoms with van der Waals surface area (Å²) >= 11 is 0. The summed E-state index contributed by atoms with van der Waals surface area (Å²) in [4.78, 5) is 9.52. The molecule has 2 heterocycles. The van der Waals surface area contributed by atoms with Crippen LogP contribution in [0.4, 0.5) is 0 Å². The van der Waals surface area contributed by atoms with Crippen LogP contribution in [0.1, 0.15) is 36.1 Å². The second kappa shape index (κ2) is 10.6. The first-order valence-electron chi connectivity index (χ1n) is 16.0. The third-order valence-electron chi connectivity index (χ3n) is 9.64. The predicted octanol–water partition coefficient (Wildman–Crippen LogP) is 10.7. The molecule has 1 aliphatic rings. The monoisotopic (exact) mass is 630 g/mol. The van der Waals surface area contributed by atoms with Crippen molar-refractivity contribution in [1.29, 1.82) is 10.5 Å². The smallest absolute Gasteiger partial charge is 0.227 e. The van der Waals surface area contributed by atoms with Gasteiger partial charge in [-0.2, -0.15) is 10.5 Å². The van der Waals surface area contributed by atoms with Crippen molar-refractivity contribution in [2.45, 2.75) is 19.3 Å². The zero-order valence-corrected chi connectivity index (χ0v) is 26.7. The minimum Gasteiger partial charge on any atom is -0.436 e. The Bertz CT molecular complexity index is 2580. The van der Waals surface area contributed by atoms with Crippen molar-refractivity contribution < 1.29 is 8.83 Å². The minimum atomic E-state index is -0.202. The van der Waals surface area contributed by atoms with Crippen LogP contribution in [0.5, 0.6) is 0 Å². The normalized spacial score (nSPS) is 12.8. The van der Waals surface area contributed by atoms with Gasteiger partial charge in [0.2, 0.25) is 11.8 Å². The van der Waals surface area contributed by atoms with Crippen molar-refractivity contribution in [3.63, 3.8) is 0 Å². The molecule has 6 nitrogen and oxygen atoms in total. The van der Waals surface area contributed by atoms with Crippen LogP contribution < -0.4 is 0 Å². The van der Waals surface area contributed by atoms with Crippen molar-refractivity contribution in [2.75, 3.05) is 0 Å². The molecule has 230 valence electrons. The zero-order valence-electron chi connectivity index (χ0n) is 26.7. The summed E-state index contributed by atoms with van der Waals surface area (Å²) in [6.07, 6.45) is 0. The van der Waals surface area contributed by atoms with E-state index in [-0.39, 0.29) is 5.41 Å². The predicted molar refractivity (Wildman–Crippen MR) is 190 cm³/mol. The molecule has 0 bridgehead atoms. The number of para-hydroxylation sites is 4. The molecule has 8 aromatic rings. The first kappa shape index (κ1) is 28.5. The summed E-state index contributed by atoms with van der Waals surface area (Å²) in [6, 6.07) is 44.3. The van der Waals surface area contributed by atoms with Crippen LogP contribution in [0, 0.1) is 22.7 Å². The Hall–Kier alpha value is -6.76. The van der Waals surface area contributed by atoms with Gasteiger partial charge in [-0.15, -0.1) is 0 Å². The first-order chi connectivity index (χ1) is 23.9. The van der Waals surface area contributed by atoms with Crippen molar-refractivity contribution in [3.05, 3.63) is 144 Å². The molecule has 0 aliphatic heterocycles. The van der Waals surface area contributed by atoms with Crippen LogP contribution in [0.3, 0.4) is 0 Å². The van der Waals surface area contributed by atoms with Gasteiger partial charge in [0, 0.05) is 27.7 Å². The van der Waals surface area contributed by atoms with Crippen LogP contribution in [0.15, 0.2) is 130 Å². The third kappa shape index (κ3) is 4.39. The number of nitrogens with zero attached hydrogens (tertiary/aromatic N) is 4. The maximum Gasteiger partial charge on any atom is 0.227 e. The fourth-order valence-electron chi connectivity index (χ4n) is 7.23. The number of benzene rings is 6. The van der Waals surface area contributed by atoms with E-state index in [1.54, 1.807) is 6.07 Å². The molecule has 9 rings (SSSR count). The number of hydrogen-bond donors (Lipinski definition) is 0. The average Bonchev–Trinajstić information content (AvgIpc) is 3.84. The molecular weight excluding hydrogens is 604 g/mol. The van der Waals surface area contributed by atoms with Gasteiger partial charge in [0.05, 0.1) is 17.2 Å². The molecule has 0 saturated carbocycles. The van der Waals surface area contributed by atoms with Crippen molar-refractivity contribution in [3.8, 4) is 68.4 Å². The van der Waals surface area contributed by atoms with E-state index >= 15 is 0 Å². The van der Waals surface area contributed by atoms with E-state index < -0.39 is 0 Å². The number of nitriles is 2. The van der Waals surface area contributed by atoms with Crippen molar-refractivity contribution in [1.82, 2.24) is 9.97 Å². The molecule has 2 aromatic heterocycles. The number of oxazole rings is 2. The fourth-order valence-corrected chi connectivity index (χ4v) is 7.23. The zero-order chi connectivity index (χ0) is 33.3. The maximum absolute atomic E-state index is 10.8. The van der Waals surface area contributed by atoms with E-state index in [1.807, 2.05) is 72.8 Å². The topological polar surface area (TPSA) is 99.6 Å². The lowest BCUT2D eigenvalue weighted by molar-refractivity contribution is 0.617. The molecule has 0 unspecified atom stereocenters. The molecule has 49 heavy (non-hydrogen) atoms.